The summed E-state index contributed by atoms with van der Waals surface area (Å²) in [6.07, 6.45) is 8.76. The van der Waals surface area contributed by atoms with Gasteiger partial charge in [-0.25, -0.2) is 0 Å². The maximum atomic E-state index is 11.9. The Balaban J connectivity index is 1.23. The third kappa shape index (κ3) is 2.28. The van der Waals surface area contributed by atoms with E-state index in [0.717, 1.165) is 38.5 Å². The summed E-state index contributed by atoms with van der Waals surface area (Å²) in [6, 6.07) is 0. The Morgan fingerprint density at radius 3 is 2.39 bits per heavy atom. The summed E-state index contributed by atoms with van der Waals surface area (Å²) in [7, 11) is 0. The second-order valence-electron chi connectivity index (χ2n) is 6.23. The van der Waals surface area contributed by atoms with Crippen LogP contribution in [0.5, 0.6) is 0 Å². The van der Waals surface area contributed by atoms with E-state index in [0.29, 0.717) is 36.8 Å². The number of rotatable bonds is 3. The van der Waals surface area contributed by atoms with Gasteiger partial charge in [-0.15, -0.1) is 0 Å². The highest BCUT2D eigenvalue weighted by Gasteiger charge is 2.46. The molecule has 2 aliphatic carbocycles. The summed E-state index contributed by atoms with van der Waals surface area (Å²) in [5, 5.41) is 0. The highest BCUT2D eigenvalue weighted by molar-refractivity contribution is 5.70. The molecule has 6 atom stereocenters. The molecular weight excluding hydrogens is 232 g/mol. The van der Waals surface area contributed by atoms with Crippen LogP contribution in [0.2, 0.25) is 0 Å². The van der Waals surface area contributed by atoms with E-state index in [1.165, 1.54) is 0 Å². The minimum absolute atomic E-state index is 0.0109. The number of fused-ring (bicyclic) bond motifs is 2. The molecule has 6 unspecified atom stereocenters. The molecule has 0 aromatic rings. The zero-order valence-electron chi connectivity index (χ0n) is 10.5. The molecule has 0 radical (unpaired) electrons. The summed E-state index contributed by atoms with van der Waals surface area (Å²) in [6.45, 7) is 0. The van der Waals surface area contributed by atoms with Crippen molar-refractivity contribution in [3.8, 4) is 0 Å². The van der Waals surface area contributed by atoms with Crippen molar-refractivity contribution in [3.63, 3.8) is 0 Å². The molecule has 4 rings (SSSR count). The standard InChI is InChI=1S/C14H20O4/c15-14(6-8-1-3-10-12(5-8)17-10)16-9-2-4-11-13(7-9)18-11/h8-13H,1-7H2. The Bertz CT molecular complexity index is 324. The van der Waals surface area contributed by atoms with Gasteiger partial charge in [0.1, 0.15) is 6.10 Å². The second-order valence-corrected chi connectivity index (χ2v) is 6.23. The quantitative estimate of drug-likeness (QED) is 0.568. The SMILES string of the molecule is O=C(CC1CCC2OC2C1)OC1CCC2OC2C1. The predicted octanol–water partition coefficient (Wildman–Crippen LogP) is 1.81. The van der Waals surface area contributed by atoms with Crippen LogP contribution < -0.4 is 0 Å². The molecule has 0 bridgehead atoms. The van der Waals surface area contributed by atoms with Crippen molar-refractivity contribution in [3.05, 3.63) is 0 Å². The van der Waals surface area contributed by atoms with Gasteiger partial charge >= 0.3 is 5.97 Å². The van der Waals surface area contributed by atoms with Crippen molar-refractivity contribution < 1.29 is 19.0 Å². The molecule has 0 N–H and O–H groups in total. The molecule has 0 spiro atoms. The fraction of sp³-hybridized carbons (Fsp3) is 0.929. The van der Waals surface area contributed by atoms with Gasteiger partial charge in [-0.2, -0.15) is 0 Å². The molecule has 0 amide bonds. The Morgan fingerprint density at radius 1 is 0.944 bits per heavy atom. The van der Waals surface area contributed by atoms with Crippen molar-refractivity contribution in [1.82, 2.24) is 0 Å². The monoisotopic (exact) mass is 252 g/mol. The number of carbonyl (C=O) groups excluding carboxylic acids is 1. The van der Waals surface area contributed by atoms with Crippen LogP contribution in [-0.4, -0.2) is 36.5 Å². The molecule has 4 heteroatoms. The van der Waals surface area contributed by atoms with Crippen LogP contribution in [0.3, 0.4) is 0 Å². The maximum Gasteiger partial charge on any atom is 0.306 e. The Kier molecular flexibility index (Phi) is 2.62. The van der Waals surface area contributed by atoms with Crippen molar-refractivity contribution in [2.24, 2.45) is 5.92 Å². The van der Waals surface area contributed by atoms with Crippen molar-refractivity contribution in [1.29, 1.82) is 0 Å². The largest absolute Gasteiger partial charge is 0.462 e. The van der Waals surface area contributed by atoms with Gasteiger partial charge in [0.2, 0.25) is 0 Å². The molecule has 18 heavy (non-hydrogen) atoms. The van der Waals surface area contributed by atoms with Crippen LogP contribution >= 0.6 is 0 Å². The van der Waals surface area contributed by atoms with Crippen LogP contribution in [0.25, 0.3) is 0 Å². The Labute approximate surface area is 107 Å². The number of hydrogen-bond donors (Lipinski definition) is 0. The summed E-state index contributed by atoms with van der Waals surface area (Å²) in [4.78, 5) is 11.9. The first-order valence-corrected chi connectivity index (χ1v) is 7.28. The lowest BCUT2D eigenvalue weighted by Gasteiger charge is -2.22. The minimum atomic E-state index is -0.0109. The van der Waals surface area contributed by atoms with Gasteiger partial charge in [-0.05, 0) is 38.0 Å². The van der Waals surface area contributed by atoms with Gasteiger partial charge in [0.05, 0.1) is 24.4 Å². The zero-order chi connectivity index (χ0) is 12.1. The highest BCUT2D eigenvalue weighted by atomic mass is 16.6. The normalized spacial score (nSPS) is 48.9. The van der Waals surface area contributed by atoms with E-state index in [1.54, 1.807) is 0 Å². The van der Waals surface area contributed by atoms with E-state index in [4.69, 9.17) is 14.2 Å². The number of epoxide rings is 2. The van der Waals surface area contributed by atoms with Crippen molar-refractivity contribution >= 4 is 5.97 Å². The summed E-state index contributed by atoms with van der Waals surface area (Å²) >= 11 is 0. The third-order valence-electron chi connectivity index (χ3n) is 4.82. The van der Waals surface area contributed by atoms with E-state index in [2.05, 4.69) is 0 Å². The van der Waals surface area contributed by atoms with E-state index in [9.17, 15) is 4.79 Å². The maximum absolute atomic E-state index is 11.9. The molecule has 0 aromatic carbocycles. The second kappa shape index (κ2) is 4.20. The molecular formula is C14H20O4. The Morgan fingerprint density at radius 2 is 1.67 bits per heavy atom. The van der Waals surface area contributed by atoms with Gasteiger partial charge in [0.15, 0.2) is 0 Å². The molecule has 2 aliphatic heterocycles. The lowest BCUT2D eigenvalue weighted by atomic mass is 9.87. The molecule has 0 aromatic heterocycles. The first-order valence-electron chi connectivity index (χ1n) is 7.28. The van der Waals surface area contributed by atoms with Crippen LogP contribution in [-0.2, 0) is 19.0 Å². The van der Waals surface area contributed by atoms with E-state index in [1.807, 2.05) is 0 Å². The smallest absolute Gasteiger partial charge is 0.306 e. The molecule has 2 saturated heterocycles. The molecule has 4 aliphatic rings. The molecule has 2 saturated carbocycles. The topological polar surface area (TPSA) is 51.4 Å². The molecule has 4 fully saturated rings. The van der Waals surface area contributed by atoms with Crippen LogP contribution in [0, 0.1) is 5.92 Å². The Hall–Kier alpha value is -0.610. The van der Waals surface area contributed by atoms with Crippen LogP contribution in [0.1, 0.15) is 44.9 Å². The molecule has 100 valence electrons. The fourth-order valence-electron chi connectivity index (χ4n) is 3.62. The van der Waals surface area contributed by atoms with Crippen LogP contribution in [0.4, 0.5) is 0 Å². The molecule has 4 nitrogen and oxygen atoms in total. The van der Waals surface area contributed by atoms with Crippen molar-refractivity contribution in [2.45, 2.75) is 75.5 Å². The van der Waals surface area contributed by atoms with E-state index >= 15 is 0 Å². The zero-order valence-corrected chi connectivity index (χ0v) is 10.5. The number of hydrogen-bond acceptors (Lipinski definition) is 4. The predicted molar refractivity (Wildman–Crippen MR) is 63.0 cm³/mol. The lowest BCUT2D eigenvalue weighted by Crippen LogP contribution is -2.26. The summed E-state index contributed by atoms with van der Waals surface area (Å²) < 4.78 is 16.5. The number of carbonyl (C=O) groups is 1. The first-order chi connectivity index (χ1) is 8.78. The third-order valence-corrected chi connectivity index (χ3v) is 4.82. The lowest BCUT2D eigenvalue weighted by molar-refractivity contribution is -0.151. The first kappa shape index (κ1) is 11.2. The average Bonchev–Trinajstić information content (AvgIpc) is 3.22. The van der Waals surface area contributed by atoms with Gasteiger partial charge in [-0.1, -0.05) is 0 Å². The highest BCUT2D eigenvalue weighted by Crippen LogP contribution is 2.41. The van der Waals surface area contributed by atoms with E-state index in [-0.39, 0.29) is 12.1 Å². The summed E-state index contributed by atoms with van der Waals surface area (Å²) in [5.74, 6) is 0.470. The van der Waals surface area contributed by atoms with Crippen LogP contribution in [0.15, 0.2) is 0 Å². The summed E-state index contributed by atoms with van der Waals surface area (Å²) in [5.41, 5.74) is 0. The van der Waals surface area contributed by atoms with Gasteiger partial charge in [-0.3, -0.25) is 4.79 Å². The van der Waals surface area contributed by atoms with Crippen molar-refractivity contribution in [2.75, 3.05) is 0 Å². The molecule has 2 heterocycles. The number of esters is 1. The number of ether oxygens (including phenoxy) is 3. The minimum Gasteiger partial charge on any atom is -0.462 e. The van der Waals surface area contributed by atoms with Gasteiger partial charge < -0.3 is 14.2 Å². The van der Waals surface area contributed by atoms with Gasteiger partial charge in [0, 0.05) is 12.8 Å². The average molecular weight is 252 g/mol. The van der Waals surface area contributed by atoms with Gasteiger partial charge in [0.25, 0.3) is 0 Å². The fourth-order valence-corrected chi connectivity index (χ4v) is 3.62. The van der Waals surface area contributed by atoms with E-state index < -0.39 is 0 Å².